The van der Waals surface area contributed by atoms with E-state index in [0.29, 0.717) is 17.8 Å². The van der Waals surface area contributed by atoms with Gasteiger partial charge in [-0.1, -0.05) is 42.5 Å². The number of carbonyl (C=O) groups excluding carboxylic acids is 1. The van der Waals surface area contributed by atoms with Crippen LogP contribution in [0.25, 0.3) is 6.08 Å². The van der Waals surface area contributed by atoms with Gasteiger partial charge in [-0.05, 0) is 32.4 Å². The Labute approximate surface area is 164 Å². The van der Waals surface area contributed by atoms with Crippen LogP contribution in [0.3, 0.4) is 0 Å². The van der Waals surface area contributed by atoms with Crippen LogP contribution in [0.5, 0.6) is 0 Å². The molecule has 28 heavy (non-hydrogen) atoms. The molecule has 0 fully saturated rings. The van der Waals surface area contributed by atoms with Crippen molar-refractivity contribution in [3.05, 3.63) is 75.8 Å². The Balaban J connectivity index is 2.17. The molecule has 0 unspecified atom stereocenters. The van der Waals surface area contributed by atoms with Crippen molar-refractivity contribution in [3.8, 4) is 0 Å². The number of nitrogen functional groups attached to an aromatic ring is 1. The van der Waals surface area contributed by atoms with Crippen molar-refractivity contribution in [2.24, 2.45) is 0 Å². The summed E-state index contributed by atoms with van der Waals surface area (Å²) < 4.78 is 5.49. The van der Waals surface area contributed by atoms with Gasteiger partial charge in [0.15, 0.2) is 0 Å². The molecule has 2 aromatic rings. The van der Waals surface area contributed by atoms with E-state index >= 15 is 0 Å². The highest BCUT2D eigenvalue weighted by molar-refractivity contribution is 5.70. The van der Waals surface area contributed by atoms with Gasteiger partial charge in [0.2, 0.25) is 0 Å². The molecule has 1 amide bonds. The average molecular weight is 383 g/mol. The maximum atomic E-state index is 12.6. The lowest BCUT2D eigenvalue weighted by Crippen LogP contribution is -2.36. The van der Waals surface area contributed by atoms with Crippen LogP contribution in [0.4, 0.5) is 16.2 Å². The topological polar surface area (TPSA) is 98.7 Å². The molecule has 7 heteroatoms. The molecule has 2 aromatic carbocycles. The van der Waals surface area contributed by atoms with Crippen molar-refractivity contribution in [2.45, 2.75) is 32.9 Å². The second kappa shape index (κ2) is 9.03. The normalized spacial score (nSPS) is 11.4. The molecular weight excluding hydrogens is 358 g/mol. The predicted molar refractivity (Wildman–Crippen MR) is 110 cm³/mol. The molecule has 0 bridgehead atoms. The highest BCUT2D eigenvalue weighted by Crippen LogP contribution is 2.21. The Hall–Kier alpha value is -3.35. The van der Waals surface area contributed by atoms with Crippen LogP contribution in [-0.2, 0) is 11.3 Å². The summed E-state index contributed by atoms with van der Waals surface area (Å²) in [4.78, 5) is 24.6. The molecule has 0 saturated heterocycles. The van der Waals surface area contributed by atoms with Crippen LogP contribution >= 0.6 is 0 Å². The van der Waals surface area contributed by atoms with Gasteiger partial charge in [0.1, 0.15) is 5.60 Å². The maximum Gasteiger partial charge on any atom is 0.410 e. The van der Waals surface area contributed by atoms with Crippen molar-refractivity contribution in [3.63, 3.8) is 0 Å². The summed E-state index contributed by atoms with van der Waals surface area (Å²) in [5, 5.41) is 10.9. The molecule has 0 aliphatic heterocycles. The van der Waals surface area contributed by atoms with Gasteiger partial charge in [0, 0.05) is 36.5 Å². The number of rotatable bonds is 6. The Morgan fingerprint density at radius 3 is 2.50 bits per heavy atom. The number of carbonyl (C=O) groups is 1. The summed E-state index contributed by atoms with van der Waals surface area (Å²) in [5.74, 6) is 0. The molecule has 0 spiro atoms. The Kier molecular flexibility index (Phi) is 6.76. The van der Waals surface area contributed by atoms with E-state index in [1.165, 1.54) is 18.2 Å². The third-order valence-electron chi connectivity index (χ3n) is 3.77. The van der Waals surface area contributed by atoms with E-state index in [-0.39, 0.29) is 12.2 Å². The quantitative estimate of drug-likeness (QED) is 0.445. The van der Waals surface area contributed by atoms with E-state index in [1.54, 1.807) is 17.1 Å². The molecule has 0 aliphatic carbocycles. The second-order valence-corrected chi connectivity index (χ2v) is 7.32. The number of nitro benzene ring substituents is 1. The van der Waals surface area contributed by atoms with Crippen molar-refractivity contribution < 1.29 is 14.5 Å². The van der Waals surface area contributed by atoms with Gasteiger partial charge in [-0.3, -0.25) is 10.1 Å². The molecule has 7 nitrogen and oxygen atoms in total. The number of nitrogens with two attached hydrogens (primary N) is 1. The minimum absolute atomic E-state index is 0.0397. The lowest BCUT2D eigenvalue weighted by Gasteiger charge is -2.26. The monoisotopic (exact) mass is 383 g/mol. The molecule has 0 saturated carbocycles. The van der Waals surface area contributed by atoms with Crippen LogP contribution < -0.4 is 5.73 Å². The van der Waals surface area contributed by atoms with E-state index in [1.807, 2.05) is 51.1 Å². The minimum Gasteiger partial charge on any atom is -0.444 e. The molecule has 2 N–H and O–H groups in total. The van der Waals surface area contributed by atoms with Crippen molar-refractivity contribution in [2.75, 3.05) is 12.3 Å². The highest BCUT2D eigenvalue weighted by atomic mass is 16.6. The molecule has 0 heterocycles. The zero-order chi connectivity index (χ0) is 20.7. The number of hydrogen-bond acceptors (Lipinski definition) is 5. The van der Waals surface area contributed by atoms with Crippen LogP contribution in [0, 0.1) is 10.1 Å². The van der Waals surface area contributed by atoms with E-state index in [4.69, 9.17) is 10.5 Å². The first-order valence-electron chi connectivity index (χ1n) is 8.88. The van der Waals surface area contributed by atoms with Gasteiger partial charge < -0.3 is 15.4 Å². The largest absolute Gasteiger partial charge is 0.444 e. The summed E-state index contributed by atoms with van der Waals surface area (Å²) in [6.45, 7) is 6.08. The van der Waals surface area contributed by atoms with Crippen molar-refractivity contribution >= 4 is 23.5 Å². The molecule has 0 radical (unpaired) electrons. The molecule has 2 rings (SSSR count). The average Bonchev–Trinajstić information content (AvgIpc) is 2.61. The van der Waals surface area contributed by atoms with Crippen molar-refractivity contribution in [1.29, 1.82) is 0 Å². The maximum absolute atomic E-state index is 12.6. The van der Waals surface area contributed by atoms with E-state index < -0.39 is 16.6 Å². The summed E-state index contributed by atoms with van der Waals surface area (Å²) in [6, 6.07) is 13.8. The van der Waals surface area contributed by atoms with Gasteiger partial charge in [-0.15, -0.1) is 0 Å². The highest BCUT2D eigenvalue weighted by Gasteiger charge is 2.21. The number of nitrogens with zero attached hydrogens (tertiary/aromatic N) is 2. The fraction of sp³-hybridized carbons (Fsp3) is 0.286. The van der Waals surface area contributed by atoms with E-state index in [9.17, 15) is 14.9 Å². The zero-order valence-corrected chi connectivity index (χ0v) is 16.3. The third-order valence-corrected chi connectivity index (χ3v) is 3.77. The Morgan fingerprint density at radius 1 is 1.21 bits per heavy atom. The molecule has 0 aliphatic rings. The predicted octanol–water partition coefficient (Wildman–Crippen LogP) is 4.63. The standard InChI is InChI=1S/C21H25N3O4/c1-21(2,3)28-20(25)23(15-16-8-5-4-6-9-16)13-7-10-17-14-18(24(26)27)11-12-19(17)22/h4-12,14H,13,15,22H2,1-3H3/b10-7+. The number of non-ortho nitro benzene ring substituents is 1. The number of ether oxygens (including phenoxy) is 1. The van der Waals surface area contributed by atoms with E-state index in [2.05, 4.69) is 0 Å². The van der Waals surface area contributed by atoms with E-state index in [0.717, 1.165) is 5.56 Å². The first kappa shape index (κ1) is 21.0. The Morgan fingerprint density at radius 2 is 1.89 bits per heavy atom. The minimum atomic E-state index is -0.611. The molecule has 0 atom stereocenters. The number of amides is 1. The summed E-state index contributed by atoms with van der Waals surface area (Å²) in [5.41, 5.74) is 7.16. The van der Waals surface area contributed by atoms with Gasteiger partial charge >= 0.3 is 6.09 Å². The van der Waals surface area contributed by atoms with Gasteiger partial charge in [-0.25, -0.2) is 4.79 Å². The first-order valence-corrected chi connectivity index (χ1v) is 8.88. The SMILES string of the molecule is CC(C)(C)OC(=O)N(C/C=C/c1cc([N+](=O)[O-])ccc1N)Cc1ccccc1. The smallest absolute Gasteiger partial charge is 0.410 e. The number of anilines is 1. The lowest BCUT2D eigenvalue weighted by atomic mass is 10.1. The van der Waals surface area contributed by atoms with Gasteiger partial charge in [0.25, 0.3) is 5.69 Å². The zero-order valence-electron chi connectivity index (χ0n) is 16.3. The van der Waals surface area contributed by atoms with Crippen LogP contribution in [0.1, 0.15) is 31.9 Å². The number of benzene rings is 2. The summed E-state index contributed by atoms with van der Waals surface area (Å²) in [6.07, 6.45) is 2.97. The van der Waals surface area contributed by atoms with Crippen LogP contribution in [0.15, 0.2) is 54.6 Å². The van der Waals surface area contributed by atoms with Crippen LogP contribution in [-0.4, -0.2) is 28.1 Å². The third kappa shape index (κ3) is 6.42. The molecular formula is C21H25N3O4. The molecule has 0 aromatic heterocycles. The fourth-order valence-corrected chi connectivity index (χ4v) is 2.46. The lowest BCUT2D eigenvalue weighted by molar-refractivity contribution is -0.384. The number of nitro groups is 1. The van der Waals surface area contributed by atoms with Gasteiger partial charge in [0.05, 0.1) is 4.92 Å². The van der Waals surface area contributed by atoms with Crippen molar-refractivity contribution in [1.82, 2.24) is 4.90 Å². The van der Waals surface area contributed by atoms with Crippen LogP contribution in [0.2, 0.25) is 0 Å². The fourth-order valence-electron chi connectivity index (χ4n) is 2.46. The first-order chi connectivity index (χ1) is 13.2. The van der Waals surface area contributed by atoms with Gasteiger partial charge in [-0.2, -0.15) is 0 Å². The summed E-state index contributed by atoms with van der Waals surface area (Å²) >= 11 is 0. The Bertz CT molecular complexity index is 858. The summed E-state index contributed by atoms with van der Waals surface area (Å²) in [7, 11) is 0. The number of hydrogen-bond donors (Lipinski definition) is 1. The second-order valence-electron chi connectivity index (χ2n) is 7.32. The molecule has 148 valence electrons.